The van der Waals surface area contributed by atoms with E-state index in [1.807, 2.05) is 19.2 Å². The van der Waals surface area contributed by atoms with Crippen molar-refractivity contribution in [2.24, 2.45) is 0 Å². The Morgan fingerprint density at radius 3 is 2.70 bits per heavy atom. The van der Waals surface area contributed by atoms with E-state index in [0.29, 0.717) is 28.8 Å². The van der Waals surface area contributed by atoms with Crippen LogP contribution >= 0.6 is 0 Å². The van der Waals surface area contributed by atoms with Gasteiger partial charge in [0.15, 0.2) is 5.82 Å². The van der Waals surface area contributed by atoms with E-state index in [4.69, 9.17) is 4.98 Å². The Morgan fingerprint density at radius 1 is 1.11 bits per heavy atom. The molecule has 2 N–H and O–H groups in total. The number of fused-ring (bicyclic) bond motifs is 1. The zero-order valence-electron chi connectivity index (χ0n) is 15.6. The summed E-state index contributed by atoms with van der Waals surface area (Å²) in [7, 11) is 2.01. The first-order valence-corrected chi connectivity index (χ1v) is 9.32. The summed E-state index contributed by atoms with van der Waals surface area (Å²) in [5.74, 6) is 1.33. The van der Waals surface area contributed by atoms with Crippen LogP contribution in [0.2, 0.25) is 0 Å². The lowest BCUT2D eigenvalue weighted by Crippen LogP contribution is -2.37. The molecule has 2 heterocycles. The smallest absolute Gasteiger partial charge is 0.226 e. The molecule has 1 aliphatic carbocycles. The van der Waals surface area contributed by atoms with E-state index in [-0.39, 0.29) is 6.10 Å². The van der Waals surface area contributed by atoms with Gasteiger partial charge in [-0.2, -0.15) is 0 Å². The predicted molar refractivity (Wildman–Crippen MR) is 106 cm³/mol. The predicted octanol–water partition coefficient (Wildman–Crippen LogP) is 3.21. The van der Waals surface area contributed by atoms with Crippen molar-refractivity contribution >= 4 is 28.5 Å². The molecule has 1 fully saturated rings. The van der Waals surface area contributed by atoms with E-state index in [2.05, 4.69) is 44.2 Å². The topological polar surface area (TPSA) is 87.1 Å². The minimum absolute atomic E-state index is 0.175. The summed E-state index contributed by atoms with van der Waals surface area (Å²) in [4.78, 5) is 20.0. The summed E-state index contributed by atoms with van der Waals surface area (Å²) in [5, 5.41) is 13.1. The van der Waals surface area contributed by atoms with Gasteiger partial charge >= 0.3 is 0 Å². The molecule has 0 saturated heterocycles. The van der Waals surface area contributed by atoms with Crippen LogP contribution in [0.4, 0.5) is 17.5 Å². The largest absolute Gasteiger partial charge is 0.393 e. The van der Waals surface area contributed by atoms with Crippen molar-refractivity contribution in [3.63, 3.8) is 0 Å². The van der Waals surface area contributed by atoms with Crippen LogP contribution in [0.25, 0.3) is 11.0 Å². The molecular weight excluding hydrogens is 340 g/mol. The summed E-state index contributed by atoms with van der Waals surface area (Å²) in [6.07, 6.45) is 6.63. The lowest BCUT2D eigenvalue weighted by atomic mass is 9.92. The molecule has 1 aliphatic rings. The normalized spacial score (nSPS) is 19.8. The molecule has 1 aromatic carbocycles. The molecule has 0 unspecified atom stereocenters. The third kappa shape index (κ3) is 3.83. The van der Waals surface area contributed by atoms with Gasteiger partial charge in [0, 0.05) is 18.8 Å². The summed E-state index contributed by atoms with van der Waals surface area (Å²) < 4.78 is 0. The first kappa shape index (κ1) is 17.6. The Hall–Kier alpha value is -2.80. The number of aromatic nitrogens is 4. The van der Waals surface area contributed by atoms with Gasteiger partial charge in [0.2, 0.25) is 5.95 Å². The maximum atomic E-state index is 9.74. The minimum Gasteiger partial charge on any atom is -0.393 e. The quantitative estimate of drug-likeness (QED) is 0.735. The second-order valence-electron chi connectivity index (χ2n) is 7.19. The second kappa shape index (κ2) is 7.44. The van der Waals surface area contributed by atoms with E-state index in [9.17, 15) is 5.11 Å². The van der Waals surface area contributed by atoms with Crippen molar-refractivity contribution in [3.8, 4) is 0 Å². The number of benzene rings is 1. The monoisotopic (exact) mass is 364 g/mol. The number of hydrogen-bond donors (Lipinski definition) is 2. The number of rotatable bonds is 4. The van der Waals surface area contributed by atoms with Crippen molar-refractivity contribution in [3.05, 3.63) is 42.4 Å². The standard InChI is InChI=1S/C20H24N6O/c1-13-4-3-5-14(10-13)24-19-18-17(22-12-23-19)11-21-20(25-18)26(2)15-6-8-16(27)9-7-15/h3-5,10-12,15-16,27H,6-9H2,1-2H3,(H,22,23,24). The van der Waals surface area contributed by atoms with Gasteiger partial charge in [-0.15, -0.1) is 0 Å². The Kier molecular flexibility index (Phi) is 4.85. The van der Waals surface area contributed by atoms with E-state index >= 15 is 0 Å². The molecule has 3 aromatic rings. The van der Waals surface area contributed by atoms with Gasteiger partial charge in [-0.25, -0.2) is 19.9 Å². The maximum Gasteiger partial charge on any atom is 0.226 e. The maximum absolute atomic E-state index is 9.74. The van der Waals surface area contributed by atoms with Crippen molar-refractivity contribution in [2.75, 3.05) is 17.3 Å². The Balaban J connectivity index is 1.64. The van der Waals surface area contributed by atoms with Crippen LogP contribution in [-0.4, -0.2) is 44.2 Å². The first-order chi connectivity index (χ1) is 13.1. The van der Waals surface area contributed by atoms with E-state index in [1.54, 1.807) is 6.20 Å². The molecule has 0 aliphatic heterocycles. The number of nitrogens with one attached hydrogen (secondary N) is 1. The number of aliphatic hydroxyl groups excluding tert-OH is 1. The molecule has 27 heavy (non-hydrogen) atoms. The van der Waals surface area contributed by atoms with Crippen LogP contribution in [0.1, 0.15) is 31.2 Å². The van der Waals surface area contributed by atoms with Crippen LogP contribution in [0.5, 0.6) is 0 Å². The molecule has 1 saturated carbocycles. The van der Waals surface area contributed by atoms with Gasteiger partial charge in [-0.1, -0.05) is 12.1 Å². The van der Waals surface area contributed by atoms with E-state index < -0.39 is 0 Å². The Bertz CT molecular complexity index is 939. The number of anilines is 3. The highest BCUT2D eigenvalue weighted by atomic mass is 16.3. The van der Waals surface area contributed by atoms with Gasteiger partial charge in [-0.3, -0.25) is 0 Å². The SMILES string of the molecule is Cc1cccc(Nc2ncnc3cnc(N(C)C4CCC(O)CC4)nc23)c1. The lowest BCUT2D eigenvalue weighted by molar-refractivity contribution is 0.122. The molecule has 140 valence electrons. The molecule has 2 aromatic heterocycles. The number of hydrogen-bond acceptors (Lipinski definition) is 7. The van der Waals surface area contributed by atoms with Gasteiger partial charge in [0.25, 0.3) is 0 Å². The molecule has 7 heteroatoms. The molecule has 0 atom stereocenters. The fourth-order valence-electron chi connectivity index (χ4n) is 3.57. The third-order valence-electron chi connectivity index (χ3n) is 5.17. The van der Waals surface area contributed by atoms with Crippen LogP contribution in [0, 0.1) is 6.92 Å². The third-order valence-corrected chi connectivity index (χ3v) is 5.17. The van der Waals surface area contributed by atoms with Crippen molar-refractivity contribution < 1.29 is 5.11 Å². The van der Waals surface area contributed by atoms with Gasteiger partial charge in [0.05, 0.1) is 12.3 Å². The molecular formula is C20H24N6O. The molecule has 0 radical (unpaired) electrons. The average molecular weight is 364 g/mol. The van der Waals surface area contributed by atoms with Crippen LogP contribution in [0.3, 0.4) is 0 Å². The van der Waals surface area contributed by atoms with Crippen molar-refractivity contribution in [1.82, 2.24) is 19.9 Å². The van der Waals surface area contributed by atoms with Gasteiger partial charge < -0.3 is 15.3 Å². The highest BCUT2D eigenvalue weighted by Gasteiger charge is 2.24. The highest BCUT2D eigenvalue weighted by molar-refractivity contribution is 5.87. The van der Waals surface area contributed by atoms with Crippen molar-refractivity contribution in [1.29, 1.82) is 0 Å². The summed E-state index contributed by atoms with van der Waals surface area (Å²) in [6, 6.07) is 8.47. The molecule has 7 nitrogen and oxygen atoms in total. The molecule has 0 bridgehead atoms. The molecule has 4 rings (SSSR count). The number of nitrogens with zero attached hydrogens (tertiary/aromatic N) is 5. The van der Waals surface area contributed by atoms with Crippen LogP contribution in [0.15, 0.2) is 36.8 Å². The van der Waals surface area contributed by atoms with Crippen LogP contribution in [-0.2, 0) is 0 Å². The van der Waals surface area contributed by atoms with Crippen molar-refractivity contribution in [2.45, 2.75) is 44.8 Å². The summed E-state index contributed by atoms with van der Waals surface area (Å²) in [6.45, 7) is 2.06. The number of aryl methyl sites for hydroxylation is 1. The Labute approximate surface area is 158 Å². The van der Waals surface area contributed by atoms with E-state index in [0.717, 1.165) is 31.4 Å². The second-order valence-corrected chi connectivity index (χ2v) is 7.19. The zero-order valence-corrected chi connectivity index (χ0v) is 15.6. The first-order valence-electron chi connectivity index (χ1n) is 9.32. The Morgan fingerprint density at radius 2 is 1.93 bits per heavy atom. The summed E-state index contributed by atoms with van der Waals surface area (Å²) >= 11 is 0. The minimum atomic E-state index is -0.175. The molecule has 0 amide bonds. The van der Waals surface area contributed by atoms with E-state index in [1.165, 1.54) is 11.9 Å². The molecule has 0 spiro atoms. The van der Waals surface area contributed by atoms with Gasteiger partial charge in [0.1, 0.15) is 17.4 Å². The average Bonchev–Trinajstić information content (AvgIpc) is 2.68. The summed E-state index contributed by atoms with van der Waals surface area (Å²) in [5.41, 5.74) is 3.54. The fourth-order valence-corrected chi connectivity index (χ4v) is 3.57. The number of aliphatic hydroxyl groups is 1. The van der Waals surface area contributed by atoms with Gasteiger partial charge in [-0.05, 0) is 50.3 Å². The lowest BCUT2D eigenvalue weighted by Gasteiger charge is -2.33. The fraction of sp³-hybridized carbons (Fsp3) is 0.400. The van der Waals surface area contributed by atoms with Crippen LogP contribution < -0.4 is 10.2 Å². The zero-order chi connectivity index (χ0) is 18.8. The highest BCUT2D eigenvalue weighted by Crippen LogP contribution is 2.27.